The molecule has 0 atom stereocenters. The van der Waals surface area contributed by atoms with Gasteiger partial charge in [0.25, 0.3) is 5.69 Å². The Hall–Kier alpha value is 0.456. The molecule has 1 aromatic carbocycles. The van der Waals surface area contributed by atoms with Crippen molar-refractivity contribution in [1.82, 2.24) is 0 Å². The van der Waals surface area contributed by atoms with Crippen molar-refractivity contribution < 1.29 is 17.9 Å². The van der Waals surface area contributed by atoms with Crippen LogP contribution in [0.1, 0.15) is 5.56 Å². The number of aryl methyl sites for hydroxylation is 1. The molecule has 0 amide bonds. The normalized spacial score (nSPS) is 10.7. The first-order valence-electron chi connectivity index (χ1n) is 3.65. The van der Waals surface area contributed by atoms with Crippen LogP contribution in [0.15, 0.2) is 17.0 Å². The minimum absolute atomic E-state index is 0. The molecule has 16 heavy (non-hydrogen) atoms. The van der Waals surface area contributed by atoms with E-state index in [1.165, 1.54) is 6.92 Å². The molecule has 84 valence electrons. The molecule has 0 aliphatic heterocycles. The second kappa shape index (κ2) is 5.87. The van der Waals surface area contributed by atoms with Gasteiger partial charge in [-0.25, -0.2) is 0 Å². The zero-order chi connectivity index (χ0) is 11.8. The molecule has 0 unspecified atom stereocenters. The van der Waals surface area contributed by atoms with Crippen molar-refractivity contribution >= 4 is 78.8 Å². The van der Waals surface area contributed by atoms with E-state index >= 15 is 0 Å². The van der Waals surface area contributed by atoms with Crippen LogP contribution in [0.5, 0.6) is 0 Å². The summed E-state index contributed by atoms with van der Waals surface area (Å²) in [5.41, 5.74) is -0.338. The summed E-state index contributed by atoms with van der Waals surface area (Å²) in [4.78, 5) is 8.82. The number of nitrogens with zero attached hydrogens (tertiary/aromatic N) is 1. The second-order valence-electron chi connectivity index (χ2n) is 2.80. The van der Waals surface area contributed by atoms with E-state index < -0.39 is 25.6 Å². The maximum atomic E-state index is 10.8. The monoisotopic (exact) mass is 291 g/mol. The fraction of sp³-hybridized carbons (Fsp3) is 0.143. The Morgan fingerprint density at radius 3 is 2.31 bits per heavy atom. The second-order valence-corrected chi connectivity index (χ2v) is 4.60. The van der Waals surface area contributed by atoms with Crippen molar-refractivity contribution in [2.45, 2.75) is 11.8 Å². The van der Waals surface area contributed by atoms with Gasteiger partial charge in [0.2, 0.25) is 0 Å². The molecule has 0 heterocycles. The van der Waals surface area contributed by atoms with E-state index in [0.717, 1.165) is 12.1 Å². The van der Waals surface area contributed by atoms with Crippen LogP contribution in [0.2, 0.25) is 5.02 Å². The zero-order valence-electron chi connectivity index (χ0n) is 7.47. The summed E-state index contributed by atoms with van der Waals surface area (Å²) in [6.07, 6.45) is 0. The van der Waals surface area contributed by atoms with Gasteiger partial charge < -0.3 is 0 Å². The van der Waals surface area contributed by atoms with Crippen molar-refractivity contribution in [3.05, 3.63) is 32.8 Å². The first-order chi connectivity index (χ1) is 6.73. The molecular formula is C7H7ClKNO5S. The van der Waals surface area contributed by atoms with Crippen molar-refractivity contribution in [3.8, 4) is 0 Å². The number of hydrogen-bond acceptors (Lipinski definition) is 4. The number of halogens is 1. The van der Waals surface area contributed by atoms with E-state index in [-0.39, 0.29) is 56.4 Å². The molecule has 0 aromatic heterocycles. The molecule has 0 bridgehead atoms. The SMILES string of the molecule is Cc1cc([N+](=O)[O-])c(S(=O)(=O)O)cc1Cl.[KH]. The van der Waals surface area contributed by atoms with Gasteiger partial charge in [0.1, 0.15) is 0 Å². The summed E-state index contributed by atoms with van der Waals surface area (Å²) >= 11 is 5.60. The van der Waals surface area contributed by atoms with Crippen LogP contribution < -0.4 is 0 Å². The molecular weight excluding hydrogens is 285 g/mol. The van der Waals surface area contributed by atoms with Crippen molar-refractivity contribution in [2.24, 2.45) is 0 Å². The van der Waals surface area contributed by atoms with Gasteiger partial charge in [0.15, 0.2) is 4.90 Å². The number of benzene rings is 1. The summed E-state index contributed by atoms with van der Waals surface area (Å²) in [7, 11) is -4.64. The quantitative estimate of drug-likeness (QED) is 0.381. The topological polar surface area (TPSA) is 97.5 Å². The first-order valence-corrected chi connectivity index (χ1v) is 5.47. The summed E-state index contributed by atoms with van der Waals surface area (Å²) < 4.78 is 30.4. The van der Waals surface area contributed by atoms with Crippen LogP contribution in [0, 0.1) is 17.0 Å². The van der Waals surface area contributed by atoms with Gasteiger partial charge in [0.05, 0.1) is 4.92 Å². The Bertz CT molecular complexity index is 530. The van der Waals surface area contributed by atoms with Crippen LogP contribution in [0.3, 0.4) is 0 Å². The van der Waals surface area contributed by atoms with E-state index in [9.17, 15) is 18.5 Å². The van der Waals surface area contributed by atoms with Gasteiger partial charge in [-0.15, -0.1) is 0 Å². The van der Waals surface area contributed by atoms with Crippen molar-refractivity contribution in [3.63, 3.8) is 0 Å². The van der Waals surface area contributed by atoms with Gasteiger partial charge in [-0.3, -0.25) is 14.7 Å². The van der Waals surface area contributed by atoms with Gasteiger partial charge in [-0.1, -0.05) is 11.6 Å². The predicted octanol–water partition coefficient (Wildman–Crippen LogP) is 1.15. The third kappa shape index (κ3) is 3.74. The number of nitro benzene ring substituents is 1. The van der Waals surface area contributed by atoms with Crippen LogP contribution in [0.25, 0.3) is 0 Å². The van der Waals surface area contributed by atoms with Gasteiger partial charge in [-0.05, 0) is 18.6 Å². The maximum absolute atomic E-state index is 10.8. The third-order valence-corrected chi connectivity index (χ3v) is 3.00. The van der Waals surface area contributed by atoms with E-state index in [4.69, 9.17) is 16.2 Å². The molecule has 0 spiro atoms. The van der Waals surface area contributed by atoms with E-state index in [2.05, 4.69) is 0 Å². The fourth-order valence-corrected chi connectivity index (χ4v) is 1.89. The van der Waals surface area contributed by atoms with Gasteiger partial charge in [0, 0.05) is 11.1 Å². The molecule has 1 N–H and O–H groups in total. The average Bonchev–Trinajstić information content (AvgIpc) is 2.06. The summed E-state index contributed by atoms with van der Waals surface area (Å²) in [5.74, 6) is 0. The zero-order valence-corrected chi connectivity index (χ0v) is 9.04. The van der Waals surface area contributed by atoms with Crippen molar-refractivity contribution in [2.75, 3.05) is 0 Å². The molecule has 0 fully saturated rings. The minimum atomic E-state index is -4.64. The van der Waals surface area contributed by atoms with E-state index in [1.54, 1.807) is 0 Å². The van der Waals surface area contributed by atoms with Gasteiger partial charge in [-0.2, -0.15) is 8.42 Å². The molecule has 1 rings (SSSR count). The molecule has 0 radical (unpaired) electrons. The van der Waals surface area contributed by atoms with Gasteiger partial charge >= 0.3 is 61.5 Å². The van der Waals surface area contributed by atoms with Crippen LogP contribution in [-0.2, 0) is 10.1 Å². The predicted molar refractivity (Wildman–Crippen MR) is 59.8 cm³/mol. The first kappa shape index (κ1) is 16.5. The molecule has 0 aliphatic carbocycles. The Kier molecular flexibility index (Phi) is 6.04. The molecule has 0 saturated heterocycles. The molecule has 6 nitrogen and oxygen atoms in total. The van der Waals surface area contributed by atoms with E-state index in [1.807, 2.05) is 0 Å². The number of nitro groups is 1. The Balaban J connectivity index is 0.00000225. The molecule has 0 saturated carbocycles. The third-order valence-electron chi connectivity index (χ3n) is 1.71. The van der Waals surface area contributed by atoms with Crippen LogP contribution >= 0.6 is 11.6 Å². The van der Waals surface area contributed by atoms with Crippen molar-refractivity contribution in [1.29, 1.82) is 0 Å². The molecule has 9 heteroatoms. The molecule has 1 aromatic rings. The number of rotatable bonds is 2. The number of hydrogen-bond donors (Lipinski definition) is 1. The van der Waals surface area contributed by atoms with Crippen LogP contribution in [0.4, 0.5) is 5.69 Å². The Labute approximate surface area is 139 Å². The Morgan fingerprint density at radius 1 is 1.44 bits per heavy atom. The van der Waals surface area contributed by atoms with Crippen LogP contribution in [-0.4, -0.2) is 69.3 Å². The fourth-order valence-electron chi connectivity index (χ4n) is 0.997. The Morgan fingerprint density at radius 2 is 1.94 bits per heavy atom. The molecule has 0 aliphatic rings. The average molecular weight is 292 g/mol. The van der Waals surface area contributed by atoms with E-state index in [0.29, 0.717) is 5.56 Å². The summed E-state index contributed by atoms with van der Waals surface area (Å²) in [5, 5.41) is 10.6. The summed E-state index contributed by atoms with van der Waals surface area (Å²) in [6, 6.07) is 1.84. The standard InChI is InChI=1S/C7H6ClNO5S.K.H/c1-4-2-6(9(10)11)7(3-5(4)8)15(12,13)14;;/h2-3H,1H3,(H,12,13,14);;. The summed E-state index contributed by atoms with van der Waals surface area (Å²) in [6.45, 7) is 1.49.